The van der Waals surface area contributed by atoms with Crippen LogP contribution < -0.4 is 4.72 Å². The number of benzene rings is 2. The van der Waals surface area contributed by atoms with Gasteiger partial charge in [0.15, 0.2) is 9.84 Å². The van der Waals surface area contributed by atoms with Crippen LogP contribution in [0.2, 0.25) is 0 Å². The average molecular weight is 343 g/mol. The van der Waals surface area contributed by atoms with Crippen molar-refractivity contribution < 1.29 is 21.2 Å². The van der Waals surface area contributed by atoms with Crippen molar-refractivity contribution in [3.05, 3.63) is 59.9 Å². The Kier molecular flexibility index (Phi) is 4.64. The number of halogens is 1. The Morgan fingerprint density at radius 3 is 2.14 bits per heavy atom. The molecule has 2 rings (SSSR count). The summed E-state index contributed by atoms with van der Waals surface area (Å²) in [4.78, 5) is -0.00973. The number of hydrogen-bond donors (Lipinski definition) is 1. The second-order valence-electron chi connectivity index (χ2n) is 4.70. The summed E-state index contributed by atoms with van der Waals surface area (Å²) in [7, 11) is -7.12. The molecule has 22 heavy (non-hydrogen) atoms. The number of nitrogens with one attached hydrogen (secondary N) is 1. The van der Waals surface area contributed by atoms with Gasteiger partial charge < -0.3 is 0 Å². The Morgan fingerprint density at radius 1 is 0.955 bits per heavy atom. The minimum absolute atomic E-state index is 0.0249. The molecule has 0 atom stereocenters. The fourth-order valence-corrected chi connectivity index (χ4v) is 3.43. The van der Waals surface area contributed by atoms with Crippen LogP contribution in [-0.4, -0.2) is 23.1 Å². The zero-order chi connectivity index (χ0) is 16.4. The van der Waals surface area contributed by atoms with Gasteiger partial charge >= 0.3 is 0 Å². The molecule has 0 aliphatic rings. The van der Waals surface area contributed by atoms with E-state index in [0.29, 0.717) is 5.56 Å². The highest BCUT2D eigenvalue weighted by Gasteiger charge is 2.14. The first kappa shape index (κ1) is 16.6. The Morgan fingerprint density at radius 2 is 1.59 bits per heavy atom. The van der Waals surface area contributed by atoms with Crippen LogP contribution in [0.25, 0.3) is 0 Å². The lowest BCUT2D eigenvalue weighted by Crippen LogP contribution is -2.23. The predicted octanol–water partition coefficient (Wildman–Crippen LogP) is 1.71. The predicted molar refractivity (Wildman–Crippen MR) is 80.0 cm³/mol. The maximum atomic E-state index is 13.1. The molecule has 0 saturated carbocycles. The van der Waals surface area contributed by atoms with Crippen LogP contribution in [0.5, 0.6) is 0 Å². The third kappa shape index (κ3) is 4.12. The molecule has 8 heteroatoms. The number of rotatable bonds is 5. The fraction of sp³-hybridized carbons (Fsp3) is 0.143. The Balaban J connectivity index is 2.12. The number of sulfone groups is 1. The molecule has 0 spiro atoms. The second-order valence-corrected chi connectivity index (χ2v) is 8.48. The normalized spacial score (nSPS) is 12.3. The molecule has 0 amide bonds. The molecular formula is C14H14FNO4S2. The van der Waals surface area contributed by atoms with E-state index >= 15 is 0 Å². The van der Waals surface area contributed by atoms with Gasteiger partial charge in [-0.1, -0.05) is 18.2 Å². The van der Waals surface area contributed by atoms with E-state index in [1.807, 2.05) is 0 Å². The SMILES string of the molecule is CS(=O)(=O)c1ccc(CNS(=O)(=O)c2cccc(F)c2)cc1. The van der Waals surface area contributed by atoms with Crippen LogP contribution in [0, 0.1) is 5.82 Å². The molecular weight excluding hydrogens is 329 g/mol. The Hall–Kier alpha value is -1.77. The summed E-state index contributed by atoms with van der Waals surface area (Å²) in [6, 6.07) is 10.5. The first-order valence-corrected chi connectivity index (χ1v) is 9.60. The van der Waals surface area contributed by atoms with E-state index in [-0.39, 0.29) is 16.3 Å². The maximum Gasteiger partial charge on any atom is 0.240 e. The average Bonchev–Trinajstić information content (AvgIpc) is 2.45. The lowest BCUT2D eigenvalue weighted by Gasteiger charge is -2.07. The monoisotopic (exact) mass is 343 g/mol. The molecule has 2 aromatic rings. The van der Waals surface area contributed by atoms with Crippen molar-refractivity contribution in [2.75, 3.05) is 6.26 Å². The minimum Gasteiger partial charge on any atom is -0.224 e. The quantitative estimate of drug-likeness (QED) is 0.896. The Labute approximate surface area is 128 Å². The topological polar surface area (TPSA) is 80.3 Å². The Bertz CT molecular complexity index is 875. The molecule has 0 bridgehead atoms. The van der Waals surface area contributed by atoms with E-state index in [4.69, 9.17) is 0 Å². The van der Waals surface area contributed by atoms with E-state index in [0.717, 1.165) is 18.4 Å². The molecule has 5 nitrogen and oxygen atoms in total. The van der Waals surface area contributed by atoms with Gasteiger partial charge in [-0.3, -0.25) is 0 Å². The lowest BCUT2D eigenvalue weighted by molar-refractivity contribution is 0.577. The summed E-state index contributed by atoms with van der Waals surface area (Å²) in [6.45, 7) is -0.0249. The number of hydrogen-bond acceptors (Lipinski definition) is 4. The van der Waals surface area contributed by atoms with Gasteiger partial charge in [0.1, 0.15) is 5.82 Å². The molecule has 1 N–H and O–H groups in total. The largest absolute Gasteiger partial charge is 0.240 e. The molecule has 0 heterocycles. The molecule has 0 radical (unpaired) electrons. The maximum absolute atomic E-state index is 13.1. The van der Waals surface area contributed by atoms with E-state index in [9.17, 15) is 21.2 Å². The molecule has 2 aromatic carbocycles. The van der Waals surface area contributed by atoms with Crippen molar-refractivity contribution in [1.82, 2.24) is 4.72 Å². The summed E-state index contributed by atoms with van der Waals surface area (Å²) in [6.07, 6.45) is 1.09. The van der Waals surface area contributed by atoms with Gasteiger partial charge in [0.2, 0.25) is 10.0 Å². The summed E-state index contributed by atoms with van der Waals surface area (Å²) >= 11 is 0. The van der Waals surface area contributed by atoms with Gasteiger partial charge in [-0.15, -0.1) is 0 Å². The van der Waals surface area contributed by atoms with Gasteiger partial charge in [-0.25, -0.2) is 25.9 Å². The summed E-state index contributed by atoms with van der Waals surface area (Å²) in [5.41, 5.74) is 0.590. The van der Waals surface area contributed by atoms with Crippen LogP contribution in [0.3, 0.4) is 0 Å². The van der Waals surface area contributed by atoms with E-state index in [2.05, 4.69) is 4.72 Å². The fourth-order valence-electron chi connectivity index (χ4n) is 1.75. The molecule has 0 aliphatic heterocycles. The summed E-state index contributed by atoms with van der Waals surface area (Å²) in [5.74, 6) is -0.639. The van der Waals surface area contributed by atoms with Gasteiger partial charge in [-0.05, 0) is 35.9 Å². The van der Waals surface area contributed by atoms with Gasteiger partial charge in [-0.2, -0.15) is 0 Å². The molecule has 0 aromatic heterocycles. The van der Waals surface area contributed by atoms with Crippen LogP contribution in [0.15, 0.2) is 58.3 Å². The zero-order valence-electron chi connectivity index (χ0n) is 11.7. The van der Waals surface area contributed by atoms with Crippen molar-refractivity contribution in [2.24, 2.45) is 0 Å². The second kappa shape index (κ2) is 6.15. The van der Waals surface area contributed by atoms with Crippen LogP contribution >= 0.6 is 0 Å². The third-order valence-electron chi connectivity index (χ3n) is 2.92. The highest BCUT2D eigenvalue weighted by molar-refractivity contribution is 7.90. The van der Waals surface area contributed by atoms with Gasteiger partial charge in [0.25, 0.3) is 0 Å². The molecule has 0 unspecified atom stereocenters. The van der Waals surface area contributed by atoms with Crippen LogP contribution in [-0.2, 0) is 26.4 Å². The first-order chi connectivity index (χ1) is 10.2. The van der Waals surface area contributed by atoms with Crippen LogP contribution in [0.1, 0.15) is 5.56 Å². The van der Waals surface area contributed by atoms with Gasteiger partial charge in [0, 0.05) is 12.8 Å². The lowest BCUT2D eigenvalue weighted by atomic mass is 10.2. The highest BCUT2D eigenvalue weighted by atomic mass is 32.2. The van der Waals surface area contributed by atoms with Crippen molar-refractivity contribution >= 4 is 19.9 Å². The van der Waals surface area contributed by atoms with Crippen LogP contribution in [0.4, 0.5) is 4.39 Å². The number of sulfonamides is 1. The summed E-state index contributed by atoms with van der Waals surface area (Å²) < 4.78 is 62.1. The molecule has 118 valence electrons. The van der Waals surface area contributed by atoms with Crippen molar-refractivity contribution in [3.8, 4) is 0 Å². The van der Waals surface area contributed by atoms with Crippen molar-refractivity contribution in [3.63, 3.8) is 0 Å². The molecule has 0 aliphatic carbocycles. The van der Waals surface area contributed by atoms with Crippen molar-refractivity contribution in [2.45, 2.75) is 16.3 Å². The van der Waals surface area contributed by atoms with E-state index in [1.54, 1.807) is 0 Å². The molecule has 0 saturated heterocycles. The standard InChI is InChI=1S/C14H14FNO4S2/c1-21(17,18)13-7-5-11(6-8-13)10-16-22(19,20)14-4-2-3-12(15)9-14/h2-9,16H,10H2,1H3. The van der Waals surface area contributed by atoms with E-state index < -0.39 is 25.7 Å². The zero-order valence-corrected chi connectivity index (χ0v) is 13.3. The van der Waals surface area contributed by atoms with Gasteiger partial charge in [0.05, 0.1) is 9.79 Å². The minimum atomic E-state index is -3.83. The highest BCUT2D eigenvalue weighted by Crippen LogP contribution is 2.13. The van der Waals surface area contributed by atoms with E-state index in [1.165, 1.54) is 36.4 Å². The smallest absolute Gasteiger partial charge is 0.224 e. The third-order valence-corrected chi connectivity index (χ3v) is 5.45. The molecule has 0 fully saturated rings. The summed E-state index contributed by atoms with van der Waals surface area (Å²) in [5, 5.41) is 0. The van der Waals surface area contributed by atoms with Crippen molar-refractivity contribution in [1.29, 1.82) is 0 Å². The first-order valence-electron chi connectivity index (χ1n) is 6.23.